The number of carbonyl (C=O) groups excluding carboxylic acids is 1. The third-order valence-corrected chi connectivity index (χ3v) is 3.37. The quantitative estimate of drug-likeness (QED) is 0.586. The summed E-state index contributed by atoms with van der Waals surface area (Å²) < 4.78 is -0.931. The Morgan fingerprint density at radius 1 is 1.54 bits per heavy atom. The lowest BCUT2D eigenvalue weighted by Crippen LogP contribution is -2.20. The molecule has 0 unspecified atom stereocenters. The van der Waals surface area contributed by atoms with Gasteiger partial charge in [-0.15, -0.1) is 0 Å². The Kier molecular flexibility index (Phi) is 2.08. The number of alkyl halides is 2. The van der Waals surface area contributed by atoms with Crippen molar-refractivity contribution in [3.05, 3.63) is 17.0 Å². The standard InChI is InChI=1S/C6H2Br2ClN3O/c7-6(8)2-1-10-5(9)12-3(2)11-4(6)13/h1H,(H,10,11,12,13). The lowest BCUT2D eigenvalue weighted by Gasteiger charge is -2.08. The Balaban J connectivity index is 2.62. The summed E-state index contributed by atoms with van der Waals surface area (Å²) in [6.07, 6.45) is 1.49. The molecule has 0 radical (unpaired) electrons. The van der Waals surface area contributed by atoms with Crippen LogP contribution in [-0.4, -0.2) is 15.9 Å². The van der Waals surface area contributed by atoms with E-state index in [-0.39, 0.29) is 11.2 Å². The number of aromatic nitrogens is 2. The van der Waals surface area contributed by atoms with Crippen molar-refractivity contribution < 1.29 is 4.79 Å². The average molecular weight is 327 g/mol. The van der Waals surface area contributed by atoms with Crippen molar-refractivity contribution in [2.24, 2.45) is 0 Å². The van der Waals surface area contributed by atoms with Gasteiger partial charge in [0.25, 0.3) is 5.91 Å². The fraction of sp³-hybridized carbons (Fsp3) is 0.167. The third-order valence-electron chi connectivity index (χ3n) is 1.61. The summed E-state index contributed by atoms with van der Waals surface area (Å²) in [5, 5.41) is 2.67. The van der Waals surface area contributed by atoms with Gasteiger partial charge in [0.15, 0.2) is 3.23 Å². The Morgan fingerprint density at radius 3 is 2.92 bits per heavy atom. The second-order valence-corrected chi connectivity index (χ2v) is 6.21. The molecule has 0 saturated carbocycles. The predicted molar refractivity (Wildman–Crippen MR) is 55.2 cm³/mol. The van der Waals surface area contributed by atoms with Gasteiger partial charge in [-0.1, -0.05) is 31.9 Å². The van der Waals surface area contributed by atoms with Crippen LogP contribution < -0.4 is 5.32 Å². The van der Waals surface area contributed by atoms with Crippen LogP contribution in [0.2, 0.25) is 5.28 Å². The molecule has 7 heteroatoms. The van der Waals surface area contributed by atoms with Gasteiger partial charge in [-0.2, -0.15) is 4.98 Å². The molecule has 0 atom stereocenters. The summed E-state index contributed by atoms with van der Waals surface area (Å²) >= 11 is 12.0. The zero-order valence-electron chi connectivity index (χ0n) is 6.01. The van der Waals surface area contributed by atoms with Crippen molar-refractivity contribution in [3.8, 4) is 0 Å². The molecule has 0 bridgehead atoms. The zero-order valence-corrected chi connectivity index (χ0v) is 9.94. The molecule has 0 spiro atoms. The van der Waals surface area contributed by atoms with E-state index in [9.17, 15) is 4.79 Å². The minimum absolute atomic E-state index is 0.108. The Morgan fingerprint density at radius 2 is 2.23 bits per heavy atom. The molecular weight excluding hydrogens is 325 g/mol. The first-order valence-electron chi connectivity index (χ1n) is 3.24. The van der Waals surface area contributed by atoms with Gasteiger partial charge in [0, 0.05) is 6.20 Å². The van der Waals surface area contributed by atoms with Crippen LogP contribution in [0, 0.1) is 0 Å². The summed E-state index contributed by atoms with van der Waals surface area (Å²) in [7, 11) is 0. The van der Waals surface area contributed by atoms with E-state index in [1.165, 1.54) is 6.20 Å². The summed E-state index contributed by atoms with van der Waals surface area (Å²) in [4.78, 5) is 19.0. The Labute approximate surface area is 95.3 Å². The minimum atomic E-state index is -0.931. The number of fused-ring (bicyclic) bond motifs is 1. The third kappa shape index (κ3) is 1.37. The first kappa shape index (κ1) is 9.36. The Hall–Kier alpha value is -0.200. The van der Waals surface area contributed by atoms with Crippen LogP contribution >= 0.6 is 43.5 Å². The van der Waals surface area contributed by atoms with Gasteiger partial charge >= 0.3 is 0 Å². The molecule has 1 N–H and O–H groups in total. The molecule has 0 aliphatic carbocycles. The van der Waals surface area contributed by atoms with Gasteiger partial charge in [-0.3, -0.25) is 4.79 Å². The lowest BCUT2D eigenvalue weighted by atomic mass is 10.3. The molecule has 2 heterocycles. The largest absolute Gasteiger partial charge is 0.308 e. The number of nitrogens with zero attached hydrogens (tertiary/aromatic N) is 2. The van der Waals surface area contributed by atoms with Crippen LogP contribution in [0.4, 0.5) is 5.82 Å². The molecule has 68 valence electrons. The van der Waals surface area contributed by atoms with Crippen LogP contribution in [0.1, 0.15) is 5.56 Å². The predicted octanol–water partition coefficient (Wildman–Crippen LogP) is 2.02. The van der Waals surface area contributed by atoms with Crippen LogP contribution in [-0.2, 0) is 8.03 Å². The van der Waals surface area contributed by atoms with Gasteiger partial charge < -0.3 is 5.32 Å². The molecule has 1 aliphatic rings. The van der Waals surface area contributed by atoms with E-state index in [0.29, 0.717) is 11.4 Å². The minimum Gasteiger partial charge on any atom is -0.308 e. The molecule has 4 nitrogen and oxygen atoms in total. The number of nitrogens with one attached hydrogen (secondary N) is 1. The highest BCUT2D eigenvalue weighted by atomic mass is 79.9. The second kappa shape index (κ2) is 2.90. The highest BCUT2D eigenvalue weighted by Gasteiger charge is 2.43. The lowest BCUT2D eigenvalue weighted by molar-refractivity contribution is -0.115. The SMILES string of the molecule is O=C1Nc2nc(Cl)ncc2C1(Br)Br. The number of amides is 1. The van der Waals surface area contributed by atoms with E-state index in [1.807, 2.05) is 0 Å². The van der Waals surface area contributed by atoms with Gasteiger partial charge in [0.1, 0.15) is 5.82 Å². The van der Waals surface area contributed by atoms with E-state index < -0.39 is 3.23 Å². The number of halogens is 3. The molecule has 1 aliphatic heterocycles. The number of carbonyl (C=O) groups is 1. The highest BCUT2D eigenvalue weighted by molar-refractivity contribution is 9.25. The maximum Gasteiger partial charge on any atom is 0.258 e. The number of hydrogen-bond donors (Lipinski definition) is 1. The first-order valence-corrected chi connectivity index (χ1v) is 5.20. The Bertz CT molecular complexity index is 395. The summed E-state index contributed by atoms with van der Waals surface area (Å²) in [6, 6.07) is 0. The van der Waals surface area contributed by atoms with Crippen LogP contribution in [0.15, 0.2) is 6.20 Å². The molecular formula is C6H2Br2ClN3O. The van der Waals surface area contributed by atoms with Crippen molar-refractivity contribution in [1.29, 1.82) is 0 Å². The fourth-order valence-corrected chi connectivity index (χ4v) is 1.91. The molecule has 0 saturated heterocycles. The molecule has 1 aromatic heterocycles. The summed E-state index contributed by atoms with van der Waals surface area (Å²) in [5.41, 5.74) is 0.627. The van der Waals surface area contributed by atoms with E-state index in [2.05, 4.69) is 47.1 Å². The van der Waals surface area contributed by atoms with E-state index in [0.717, 1.165) is 0 Å². The average Bonchev–Trinajstić information content (AvgIpc) is 2.23. The molecule has 0 aromatic carbocycles. The van der Waals surface area contributed by atoms with Crippen molar-refractivity contribution in [3.63, 3.8) is 0 Å². The van der Waals surface area contributed by atoms with E-state index in [4.69, 9.17) is 11.6 Å². The van der Waals surface area contributed by atoms with Crippen molar-refractivity contribution in [1.82, 2.24) is 9.97 Å². The van der Waals surface area contributed by atoms with E-state index in [1.54, 1.807) is 0 Å². The van der Waals surface area contributed by atoms with Gasteiger partial charge in [-0.05, 0) is 11.6 Å². The van der Waals surface area contributed by atoms with Crippen LogP contribution in [0.25, 0.3) is 0 Å². The van der Waals surface area contributed by atoms with Gasteiger partial charge in [-0.25, -0.2) is 4.98 Å². The van der Waals surface area contributed by atoms with Crippen molar-refractivity contribution in [2.45, 2.75) is 3.23 Å². The molecule has 1 amide bonds. The maximum atomic E-state index is 11.3. The first-order chi connectivity index (χ1) is 6.01. The van der Waals surface area contributed by atoms with Gasteiger partial charge in [0.05, 0.1) is 5.56 Å². The molecule has 1 aromatic rings. The summed E-state index contributed by atoms with van der Waals surface area (Å²) in [5.74, 6) is 0.192. The van der Waals surface area contributed by atoms with Gasteiger partial charge in [0.2, 0.25) is 5.28 Å². The second-order valence-electron chi connectivity index (χ2n) is 2.43. The molecule has 0 fully saturated rings. The number of rotatable bonds is 0. The van der Waals surface area contributed by atoms with Crippen molar-refractivity contribution in [2.75, 3.05) is 5.32 Å². The molecule has 2 rings (SSSR count). The maximum absolute atomic E-state index is 11.3. The van der Waals surface area contributed by atoms with Crippen LogP contribution in [0.3, 0.4) is 0 Å². The summed E-state index contributed by atoms with van der Waals surface area (Å²) in [6.45, 7) is 0. The van der Waals surface area contributed by atoms with Crippen molar-refractivity contribution >= 4 is 55.2 Å². The smallest absolute Gasteiger partial charge is 0.258 e. The molecule has 13 heavy (non-hydrogen) atoms. The van der Waals surface area contributed by atoms with Crippen LogP contribution in [0.5, 0.6) is 0 Å². The zero-order chi connectivity index (χ0) is 9.64. The number of anilines is 1. The highest BCUT2D eigenvalue weighted by Crippen LogP contribution is 2.46. The normalized spacial score (nSPS) is 18.2. The monoisotopic (exact) mass is 325 g/mol. The number of hydrogen-bond acceptors (Lipinski definition) is 3. The van der Waals surface area contributed by atoms with E-state index >= 15 is 0 Å². The topological polar surface area (TPSA) is 54.9 Å². The fourth-order valence-electron chi connectivity index (χ4n) is 0.994.